The van der Waals surface area contributed by atoms with Gasteiger partial charge in [0.2, 0.25) is 0 Å². The van der Waals surface area contributed by atoms with Crippen molar-refractivity contribution in [3.63, 3.8) is 0 Å². The third kappa shape index (κ3) is 2.04. The van der Waals surface area contributed by atoms with Crippen LogP contribution in [0.15, 0.2) is 41.8 Å². The van der Waals surface area contributed by atoms with Crippen LogP contribution in [0, 0.1) is 0 Å². The van der Waals surface area contributed by atoms with E-state index in [4.69, 9.17) is 11.6 Å². The third-order valence-corrected chi connectivity index (χ3v) is 4.47. The lowest BCUT2D eigenvalue weighted by molar-refractivity contribution is 0.0941. The van der Waals surface area contributed by atoms with Gasteiger partial charge >= 0.3 is 0 Å². The Balaban J connectivity index is 1.83. The fourth-order valence-electron chi connectivity index (χ4n) is 2.33. The molecular weight excluding hydrogens is 266 g/mol. The monoisotopic (exact) mass is 277 g/mol. The molecule has 1 amide bonds. The molecule has 4 heteroatoms. The van der Waals surface area contributed by atoms with Gasteiger partial charge in [-0.2, -0.15) is 0 Å². The zero-order valence-corrected chi connectivity index (χ0v) is 11.2. The normalized spacial score (nSPS) is 21.6. The molecule has 0 fully saturated rings. The smallest absolute Gasteiger partial charge is 0.261 e. The number of hydrogen-bond donors (Lipinski definition) is 1. The summed E-state index contributed by atoms with van der Waals surface area (Å²) in [4.78, 5) is 12.8. The molecule has 2 unspecified atom stereocenters. The number of benzene rings is 1. The van der Waals surface area contributed by atoms with Gasteiger partial charge in [-0.3, -0.25) is 4.79 Å². The second-order valence-electron chi connectivity index (χ2n) is 4.35. The van der Waals surface area contributed by atoms with Crippen LogP contribution in [0.3, 0.4) is 0 Å². The Morgan fingerprint density at radius 1 is 1.28 bits per heavy atom. The highest BCUT2D eigenvalue weighted by Crippen LogP contribution is 2.34. The van der Waals surface area contributed by atoms with E-state index >= 15 is 0 Å². The maximum atomic E-state index is 12.1. The van der Waals surface area contributed by atoms with E-state index < -0.39 is 0 Å². The quantitative estimate of drug-likeness (QED) is 0.838. The van der Waals surface area contributed by atoms with Crippen LogP contribution in [-0.4, -0.2) is 11.3 Å². The summed E-state index contributed by atoms with van der Waals surface area (Å²) in [6.07, 6.45) is 0.813. The standard InChI is InChI=1S/C14H12ClNOS/c15-11-8-9-4-1-2-5-10(9)13(11)16-14(17)12-6-3-7-18-12/h1-7,11,13H,8H2,(H,16,17). The Kier molecular flexibility index (Phi) is 3.10. The molecule has 92 valence electrons. The lowest BCUT2D eigenvalue weighted by Crippen LogP contribution is -2.31. The molecule has 1 aliphatic rings. The van der Waals surface area contributed by atoms with E-state index in [1.807, 2.05) is 35.7 Å². The van der Waals surface area contributed by atoms with Gasteiger partial charge in [-0.15, -0.1) is 22.9 Å². The molecular formula is C14H12ClNOS. The Morgan fingerprint density at radius 3 is 2.89 bits per heavy atom. The molecule has 1 aromatic heterocycles. The highest BCUT2D eigenvalue weighted by atomic mass is 35.5. The summed E-state index contributed by atoms with van der Waals surface area (Å²) in [5, 5.41) is 4.86. The van der Waals surface area contributed by atoms with Crippen molar-refractivity contribution in [3.8, 4) is 0 Å². The van der Waals surface area contributed by atoms with Crippen LogP contribution in [0.5, 0.6) is 0 Å². The van der Waals surface area contributed by atoms with Crippen molar-refractivity contribution in [3.05, 3.63) is 57.8 Å². The van der Waals surface area contributed by atoms with Crippen molar-refractivity contribution in [2.24, 2.45) is 0 Å². The van der Waals surface area contributed by atoms with Gasteiger partial charge < -0.3 is 5.32 Å². The summed E-state index contributed by atoms with van der Waals surface area (Å²) >= 11 is 7.78. The van der Waals surface area contributed by atoms with Gasteiger partial charge in [0, 0.05) is 0 Å². The molecule has 1 aliphatic carbocycles. The Labute approximate surface area is 115 Å². The maximum Gasteiger partial charge on any atom is 0.261 e. The molecule has 1 heterocycles. The number of fused-ring (bicyclic) bond motifs is 1. The van der Waals surface area contributed by atoms with Crippen molar-refractivity contribution in [1.82, 2.24) is 5.32 Å². The number of halogens is 1. The number of amides is 1. The lowest BCUT2D eigenvalue weighted by Gasteiger charge is -2.16. The molecule has 18 heavy (non-hydrogen) atoms. The van der Waals surface area contributed by atoms with Crippen LogP contribution in [0.1, 0.15) is 26.8 Å². The molecule has 0 aliphatic heterocycles. The predicted molar refractivity (Wildman–Crippen MR) is 74.3 cm³/mol. The Bertz CT molecular complexity index is 567. The average Bonchev–Trinajstić information content (AvgIpc) is 2.98. The minimum atomic E-state index is -0.0857. The summed E-state index contributed by atoms with van der Waals surface area (Å²) in [5.41, 5.74) is 2.37. The number of nitrogens with one attached hydrogen (secondary N) is 1. The minimum absolute atomic E-state index is 0.0441. The molecule has 0 radical (unpaired) electrons. The van der Waals surface area contributed by atoms with Gasteiger partial charge in [-0.05, 0) is 29.0 Å². The third-order valence-electron chi connectivity index (χ3n) is 3.20. The topological polar surface area (TPSA) is 29.1 Å². The fraction of sp³-hybridized carbons (Fsp3) is 0.214. The van der Waals surface area contributed by atoms with E-state index in [9.17, 15) is 4.79 Å². The number of alkyl halides is 1. The van der Waals surface area contributed by atoms with Crippen molar-refractivity contribution >= 4 is 28.8 Å². The van der Waals surface area contributed by atoms with Crippen LogP contribution in [0.25, 0.3) is 0 Å². The van der Waals surface area contributed by atoms with Crippen molar-refractivity contribution < 1.29 is 4.79 Å². The van der Waals surface area contributed by atoms with Gasteiger partial charge in [0.25, 0.3) is 5.91 Å². The van der Waals surface area contributed by atoms with Crippen molar-refractivity contribution in [1.29, 1.82) is 0 Å². The molecule has 3 rings (SSSR count). The van der Waals surface area contributed by atoms with Crippen LogP contribution >= 0.6 is 22.9 Å². The van der Waals surface area contributed by atoms with Gasteiger partial charge in [0.05, 0.1) is 16.3 Å². The number of thiophene rings is 1. The average molecular weight is 278 g/mol. The number of carbonyl (C=O) groups is 1. The van der Waals surface area contributed by atoms with E-state index in [1.54, 1.807) is 0 Å². The summed E-state index contributed by atoms with van der Waals surface area (Å²) in [6, 6.07) is 11.7. The second-order valence-corrected chi connectivity index (χ2v) is 5.86. The molecule has 0 saturated carbocycles. The van der Waals surface area contributed by atoms with Crippen molar-refractivity contribution in [2.75, 3.05) is 0 Å². The summed E-state index contributed by atoms with van der Waals surface area (Å²) in [5.74, 6) is -0.0441. The van der Waals surface area contributed by atoms with Gasteiger partial charge in [-0.25, -0.2) is 0 Å². The Hall–Kier alpha value is -1.32. The molecule has 2 aromatic rings. The first-order valence-electron chi connectivity index (χ1n) is 5.82. The molecule has 0 saturated heterocycles. The van der Waals surface area contributed by atoms with E-state index in [-0.39, 0.29) is 17.3 Å². The van der Waals surface area contributed by atoms with Gasteiger partial charge in [-0.1, -0.05) is 30.3 Å². The first-order valence-corrected chi connectivity index (χ1v) is 7.13. The molecule has 2 nitrogen and oxygen atoms in total. The highest BCUT2D eigenvalue weighted by Gasteiger charge is 2.32. The van der Waals surface area contributed by atoms with E-state index in [0.29, 0.717) is 0 Å². The minimum Gasteiger partial charge on any atom is -0.343 e. The summed E-state index contributed by atoms with van der Waals surface area (Å²) in [6.45, 7) is 0. The zero-order chi connectivity index (χ0) is 12.5. The highest BCUT2D eigenvalue weighted by molar-refractivity contribution is 7.12. The second kappa shape index (κ2) is 4.75. The predicted octanol–water partition coefficient (Wildman–Crippen LogP) is 3.38. The van der Waals surface area contributed by atoms with Gasteiger partial charge in [0.15, 0.2) is 0 Å². The fourth-order valence-corrected chi connectivity index (χ4v) is 3.33. The van der Waals surface area contributed by atoms with Crippen LogP contribution in [-0.2, 0) is 6.42 Å². The van der Waals surface area contributed by atoms with Gasteiger partial charge in [0.1, 0.15) is 0 Å². The van der Waals surface area contributed by atoms with Crippen LogP contribution in [0.2, 0.25) is 0 Å². The zero-order valence-electron chi connectivity index (χ0n) is 9.60. The molecule has 0 spiro atoms. The van der Waals surface area contributed by atoms with E-state index in [1.165, 1.54) is 16.9 Å². The molecule has 2 atom stereocenters. The molecule has 1 N–H and O–H groups in total. The number of rotatable bonds is 2. The van der Waals surface area contributed by atoms with E-state index in [0.717, 1.165) is 16.9 Å². The Morgan fingerprint density at radius 2 is 2.11 bits per heavy atom. The SMILES string of the molecule is O=C(NC1c2ccccc2CC1Cl)c1cccs1. The van der Waals surface area contributed by atoms with Crippen LogP contribution in [0.4, 0.5) is 0 Å². The number of carbonyl (C=O) groups excluding carboxylic acids is 1. The van der Waals surface area contributed by atoms with Crippen LogP contribution < -0.4 is 5.32 Å². The summed E-state index contributed by atoms with van der Waals surface area (Å²) in [7, 11) is 0. The number of hydrogen-bond acceptors (Lipinski definition) is 2. The lowest BCUT2D eigenvalue weighted by atomic mass is 10.1. The molecule has 1 aromatic carbocycles. The van der Waals surface area contributed by atoms with E-state index in [2.05, 4.69) is 11.4 Å². The largest absolute Gasteiger partial charge is 0.343 e. The van der Waals surface area contributed by atoms with Crippen molar-refractivity contribution in [2.45, 2.75) is 17.8 Å². The first-order chi connectivity index (χ1) is 8.75. The first kappa shape index (κ1) is 11.8. The molecule has 0 bridgehead atoms. The summed E-state index contributed by atoms with van der Waals surface area (Å²) < 4.78 is 0. The maximum absolute atomic E-state index is 12.1.